The molecule has 132 valence electrons. The van der Waals surface area contributed by atoms with E-state index in [1.807, 2.05) is 6.92 Å². The molecule has 7 heteroatoms. The van der Waals surface area contributed by atoms with Gasteiger partial charge in [-0.3, -0.25) is 0 Å². The van der Waals surface area contributed by atoms with Crippen molar-refractivity contribution in [2.45, 2.75) is 19.9 Å². The van der Waals surface area contributed by atoms with E-state index in [9.17, 15) is 5.11 Å². The number of rotatable bonds is 3. The largest absolute Gasteiger partial charge is 0.492 e. The van der Waals surface area contributed by atoms with Crippen molar-refractivity contribution in [3.63, 3.8) is 0 Å². The molecule has 3 N–H and O–H groups in total. The fourth-order valence-electron chi connectivity index (χ4n) is 3.74. The minimum Gasteiger partial charge on any atom is -0.492 e. The van der Waals surface area contributed by atoms with Crippen molar-refractivity contribution in [3.05, 3.63) is 46.1 Å². The maximum absolute atomic E-state index is 10.8. The molecule has 0 bridgehead atoms. The second-order valence-corrected chi connectivity index (χ2v) is 8.11. The molecule has 1 aromatic carbocycles. The molecule has 2 aromatic heterocycles. The van der Waals surface area contributed by atoms with Gasteiger partial charge >= 0.3 is 0 Å². The van der Waals surface area contributed by atoms with Crippen molar-refractivity contribution < 1.29 is 14.9 Å². The van der Waals surface area contributed by atoms with Gasteiger partial charge in [0.25, 0.3) is 0 Å². The third-order valence-electron chi connectivity index (χ3n) is 5.10. The molecule has 0 amide bonds. The minimum atomic E-state index is 0.127. The number of nitrogens with one attached hydrogen (secondary N) is 2. The molecule has 0 radical (unpaired) electrons. The fourth-order valence-corrected chi connectivity index (χ4v) is 4.93. The lowest BCUT2D eigenvalue weighted by Gasteiger charge is -2.33. The lowest BCUT2D eigenvalue weighted by Crippen LogP contribution is -3.27. The zero-order valence-electron chi connectivity index (χ0n) is 14.9. The van der Waals surface area contributed by atoms with E-state index in [4.69, 9.17) is 0 Å². The predicted octanol–water partition coefficient (Wildman–Crippen LogP) is -0.384. The van der Waals surface area contributed by atoms with Crippen LogP contribution in [0.25, 0.3) is 4.96 Å². The molecule has 0 saturated carbocycles. The number of aryl methyl sites for hydroxylation is 2. The molecule has 1 saturated heterocycles. The predicted molar refractivity (Wildman–Crippen MR) is 97.6 cm³/mol. The van der Waals surface area contributed by atoms with Crippen molar-refractivity contribution in [2.75, 3.05) is 33.2 Å². The molecule has 1 atom stereocenters. The van der Waals surface area contributed by atoms with Gasteiger partial charge in [0.15, 0.2) is 6.04 Å². The first-order valence-corrected chi connectivity index (χ1v) is 9.62. The van der Waals surface area contributed by atoms with Crippen molar-refractivity contribution in [1.29, 1.82) is 0 Å². The van der Waals surface area contributed by atoms with Crippen molar-refractivity contribution in [3.8, 4) is 5.88 Å². The van der Waals surface area contributed by atoms with Gasteiger partial charge in [0.1, 0.15) is 36.9 Å². The summed E-state index contributed by atoms with van der Waals surface area (Å²) in [5.74, 6) is 0.932. The lowest BCUT2D eigenvalue weighted by molar-refractivity contribution is -1.02. The van der Waals surface area contributed by atoms with Crippen LogP contribution in [-0.4, -0.2) is 52.9 Å². The number of aromatic nitrogens is 3. The zero-order valence-corrected chi connectivity index (χ0v) is 15.7. The van der Waals surface area contributed by atoms with Crippen LogP contribution in [0.3, 0.4) is 0 Å². The number of hydrogen-bond acceptors (Lipinski definition) is 4. The number of benzene rings is 1. The summed E-state index contributed by atoms with van der Waals surface area (Å²) in [6, 6.07) is 8.77. The molecule has 1 fully saturated rings. The smallest absolute Gasteiger partial charge is 0.235 e. The highest BCUT2D eigenvalue weighted by Gasteiger charge is 2.35. The summed E-state index contributed by atoms with van der Waals surface area (Å²) in [5.41, 5.74) is 2.50. The van der Waals surface area contributed by atoms with E-state index in [2.05, 4.69) is 48.3 Å². The van der Waals surface area contributed by atoms with Crippen LogP contribution < -0.4 is 9.80 Å². The van der Waals surface area contributed by atoms with E-state index >= 15 is 0 Å². The molecule has 0 spiro atoms. The number of aromatic hydroxyl groups is 1. The van der Waals surface area contributed by atoms with Crippen molar-refractivity contribution in [1.82, 2.24) is 14.6 Å². The van der Waals surface area contributed by atoms with E-state index in [1.165, 1.54) is 16.0 Å². The topological polar surface area (TPSA) is 59.3 Å². The van der Waals surface area contributed by atoms with Gasteiger partial charge in [-0.05, 0) is 19.9 Å². The Bertz CT molecular complexity index is 894. The molecule has 0 unspecified atom stereocenters. The summed E-state index contributed by atoms with van der Waals surface area (Å²) in [7, 11) is 2.25. The highest BCUT2D eigenvalue weighted by Crippen LogP contribution is 2.35. The van der Waals surface area contributed by atoms with Crippen LogP contribution in [0.4, 0.5) is 0 Å². The number of thiazole rings is 1. The summed E-state index contributed by atoms with van der Waals surface area (Å²) in [5, 5.41) is 15.2. The van der Waals surface area contributed by atoms with Crippen LogP contribution >= 0.6 is 11.3 Å². The van der Waals surface area contributed by atoms with Gasteiger partial charge in [-0.1, -0.05) is 35.1 Å². The van der Waals surface area contributed by atoms with Crippen LogP contribution in [0.1, 0.15) is 27.9 Å². The highest BCUT2D eigenvalue weighted by molar-refractivity contribution is 7.17. The van der Waals surface area contributed by atoms with Crippen LogP contribution in [0, 0.1) is 13.8 Å². The number of hydrogen-bond donors (Lipinski definition) is 3. The van der Waals surface area contributed by atoms with Gasteiger partial charge in [0.2, 0.25) is 10.8 Å². The Balaban J connectivity index is 1.81. The molecule has 4 rings (SSSR count). The highest BCUT2D eigenvalue weighted by atomic mass is 32.1. The first-order valence-electron chi connectivity index (χ1n) is 8.80. The fraction of sp³-hybridized carbons (Fsp3) is 0.444. The standard InChI is InChI=1S/C18H23N5OS/c1-12-5-4-6-14(11-12)15(22-9-7-21(3)8-10-22)16-17(24)23-18(25-16)19-13(2)20-23/h4-6,11,15,24H,7-10H2,1-3H3/p+2/t15-/m1/s1. The number of quaternary nitrogens is 2. The molecule has 25 heavy (non-hydrogen) atoms. The number of nitrogens with zero attached hydrogens (tertiary/aromatic N) is 3. The second kappa shape index (κ2) is 6.40. The van der Waals surface area contributed by atoms with Crippen LogP contribution in [0.2, 0.25) is 0 Å². The van der Waals surface area contributed by atoms with Gasteiger partial charge in [-0.15, -0.1) is 5.10 Å². The Morgan fingerprint density at radius 3 is 2.64 bits per heavy atom. The van der Waals surface area contributed by atoms with Gasteiger partial charge in [-0.25, -0.2) is 4.98 Å². The van der Waals surface area contributed by atoms with Crippen molar-refractivity contribution in [2.24, 2.45) is 0 Å². The normalized spacial score (nSPS) is 22.4. The van der Waals surface area contributed by atoms with E-state index in [0.29, 0.717) is 5.82 Å². The number of fused-ring (bicyclic) bond motifs is 1. The van der Waals surface area contributed by atoms with Crippen LogP contribution in [0.5, 0.6) is 5.88 Å². The molecule has 3 heterocycles. The monoisotopic (exact) mass is 359 g/mol. The Kier molecular flexibility index (Phi) is 4.23. The molecule has 1 aliphatic rings. The van der Waals surface area contributed by atoms with Gasteiger partial charge < -0.3 is 14.9 Å². The Morgan fingerprint density at radius 2 is 1.96 bits per heavy atom. The third kappa shape index (κ3) is 3.03. The summed E-state index contributed by atoms with van der Waals surface area (Å²) in [6.07, 6.45) is 0. The van der Waals surface area contributed by atoms with Crippen molar-refractivity contribution >= 4 is 16.3 Å². The van der Waals surface area contributed by atoms with Gasteiger partial charge in [0.05, 0.1) is 7.05 Å². The number of likely N-dealkylation sites (N-methyl/N-ethyl adjacent to an activating group) is 1. The molecule has 0 aliphatic carbocycles. The summed E-state index contributed by atoms with van der Waals surface area (Å²) in [6.45, 7) is 8.46. The Morgan fingerprint density at radius 1 is 1.20 bits per heavy atom. The Labute approximate surface area is 151 Å². The minimum absolute atomic E-state index is 0.127. The van der Waals surface area contributed by atoms with E-state index in [0.717, 1.165) is 36.0 Å². The van der Waals surface area contributed by atoms with E-state index < -0.39 is 0 Å². The second-order valence-electron chi connectivity index (χ2n) is 7.11. The van der Waals surface area contributed by atoms with Gasteiger partial charge in [0, 0.05) is 5.56 Å². The maximum Gasteiger partial charge on any atom is 0.235 e. The van der Waals surface area contributed by atoms with E-state index in [1.54, 1.807) is 20.8 Å². The van der Waals surface area contributed by atoms with Crippen LogP contribution in [0.15, 0.2) is 24.3 Å². The molecule has 1 aliphatic heterocycles. The zero-order chi connectivity index (χ0) is 17.6. The number of piperazine rings is 1. The average molecular weight is 359 g/mol. The summed E-state index contributed by atoms with van der Waals surface area (Å²) < 4.78 is 1.58. The van der Waals surface area contributed by atoms with Gasteiger partial charge in [-0.2, -0.15) is 4.52 Å². The molecule has 6 nitrogen and oxygen atoms in total. The molecular formula is C18H25N5OS+2. The SMILES string of the molecule is Cc1cccc([C@H](c2sc3nc(C)nn3c2O)[NH+]2CC[NH+](C)CC2)c1. The Hall–Kier alpha value is -1.96. The third-order valence-corrected chi connectivity index (χ3v) is 6.18. The lowest BCUT2D eigenvalue weighted by atomic mass is 10.0. The molecular weight excluding hydrogens is 334 g/mol. The summed E-state index contributed by atoms with van der Waals surface area (Å²) >= 11 is 1.56. The van der Waals surface area contributed by atoms with Crippen LogP contribution in [-0.2, 0) is 0 Å². The average Bonchev–Trinajstić information content (AvgIpc) is 3.08. The quantitative estimate of drug-likeness (QED) is 0.597. The summed E-state index contributed by atoms with van der Waals surface area (Å²) in [4.78, 5) is 9.26. The maximum atomic E-state index is 10.8. The first-order chi connectivity index (χ1) is 12.0. The van der Waals surface area contributed by atoms with E-state index in [-0.39, 0.29) is 11.9 Å². The first kappa shape index (κ1) is 16.5. The molecule has 3 aromatic rings.